The fourth-order valence-electron chi connectivity index (χ4n) is 1.61. The predicted octanol–water partition coefficient (Wildman–Crippen LogP) is 0.694. The van der Waals surface area contributed by atoms with Crippen LogP contribution >= 0.6 is 0 Å². The number of nitrogens with one attached hydrogen (secondary N) is 2. The highest BCUT2D eigenvalue weighted by atomic mass is 32.2. The normalized spacial score (nSPS) is 10.7. The standard InChI is InChI=1S/C13H17N3O7S/c1-10(17)23-6-8-24(21,22)7-5-14-13(18)15-11-3-2-4-12(9-11)16(19)20/h2-4,9H,5-8H2,1H3,(H2,14,15,18). The number of urea groups is 1. The van der Waals surface area contributed by atoms with Gasteiger partial charge in [0, 0.05) is 31.3 Å². The third kappa shape index (κ3) is 7.54. The highest BCUT2D eigenvalue weighted by Gasteiger charge is 2.13. The Morgan fingerprint density at radius 1 is 1.29 bits per heavy atom. The summed E-state index contributed by atoms with van der Waals surface area (Å²) >= 11 is 0. The number of hydrogen-bond donors (Lipinski definition) is 2. The SMILES string of the molecule is CC(=O)OCCS(=O)(=O)CCNC(=O)Nc1cccc([N+](=O)[O-])c1. The summed E-state index contributed by atoms with van der Waals surface area (Å²) in [5.74, 6) is -1.23. The lowest BCUT2D eigenvalue weighted by Crippen LogP contribution is -2.33. The lowest BCUT2D eigenvalue weighted by atomic mass is 10.3. The van der Waals surface area contributed by atoms with Crippen LogP contribution in [0.1, 0.15) is 6.92 Å². The van der Waals surface area contributed by atoms with Crippen molar-refractivity contribution in [1.82, 2.24) is 5.32 Å². The topological polar surface area (TPSA) is 145 Å². The van der Waals surface area contributed by atoms with Crippen LogP contribution in [0, 0.1) is 10.1 Å². The largest absolute Gasteiger partial charge is 0.465 e. The van der Waals surface area contributed by atoms with Gasteiger partial charge in [0.05, 0.1) is 16.4 Å². The maximum Gasteiger partial charge on any atom is 0.319 e. The molecule has 2 N–H and O–H groups in total. The lowest BCUT2D eigenvalue weighted by Gasteiger charge is -2.08. The number of rotatable bonds is 8. The number of esters is 1. The van der Waals surface area contributed by atoms with Crippen molar-refractivity contribution in [2.45, 2.75) is 6.92 Å². The molecule has 0 radical (unpaired) electrons. The Hall–Kier alpha value is -2.69. The van der Waals surface area contributed by atoms with E-state index in [1.165, 1.54) is 31.2 Å². The Bertz CT molecular complexity index is 718. The van der Waals surface area contributed by atoms with Crippen LogP contribution in [0.25, 0.3) is 0 Å². The molecular weight excluding hydrogens is 342 g/mol. The van der Waals surface area contributed by atoms with E-state index in [0.717, 1.165) is 0 Å². The first-order chi connectivity index (χ1) is 11.2. The molecule has 0 spiro atoms. The second kappa shape index (κ2) is 8.82. The number of sulfone groups is 1. The molecule has 0 aliphatic heterocycles. The van der Waals surface area contributed by atoms with E-state index < -0.39 is 26.8 Å². The number of anilines is 1. The summed E-state index contributed by atoms with van der Waals surface area (Å²) in [6, 6.07) is 4.63. The van der Waals surface area contributed by atoms with Crippen LogP contribution in [0.15, 0.2) is 24.3 Å². The van der Waals surface area contributed by atoms with E-state index in [1.54, 1.807) is 0 Å². The first kappa shape index (κ1) is 19.4. The molecule has 10 nitrogen and oxygen atoms in total. The quantitative estimate of drug-likeness (QED) is 0.394. The van der Waals surface area contributed by atoms with Gasteiger partial charge in [-0.3, -0.25) is 14.9 Å². The van der Waals surface area contributed by atoms with E-state index in [-0.39, 0.29) is 36.0 Å². The number of carbonyl (C=O) groups is 2. The first-order valence-corrected chi connectivity index (χ1v) is 8.65. The smallest absolute Gasteiger partial charge is 0.319 e. The fraction of sp³-hybridized carbons (Fsp3) is 0.385. The molecule has 0 heterocycles. The van der Waals surface area contributed by atoms with E-state index in [0.29, 0.717) is 0 Å². The van der Waals surface area contributed by atoms with Crippen LogP contribution in [0.5, 0.6) is 0 Å². The average Bonchev–Trinajstić information content (AvgIpc) is 2.46. The molecule has 0 aliphatic carbocycles. The lowest BCUT2D eigenvalue weighted by molar-refractivity contribution is -0.384. The molecule has 24 heavy (non-hydrogen) atoms. The van der Waals surface area contributed by atoms with Crippen LogP contribution < -0.4 is 10.6 Å². The van der Waals surface area contributed by atoms with Gasteiger partial charge >= 0.3 is 12.0 Å². The zero-order valence-corrected chi connectivity index (χ0v) is 13.7. The van der Waals surface area contributed by atoms with Crippen LogP contribution in [0.3, 0.4) is 0 Å². The van der Waals surface area contributed by atoms with E-state index in [1.807, 2.05) is 0 Å². The first-order valence-electron chi connectivity index (χ1n) is 6.83. The molecule has 0 aromatic heterocycles. The summed E-state index contributed by atoms with van der Waals surface area (Å²) in [6.07, 6.45) is 0. The van der Waals surface area contributed by atoms with Gasteiger partial charge in [-0.1, -0.05) is 6.07 Å². The zero-order valence-electron chi connectivity index (χ0n) is 12.9. The van der Waals surface area contributed by atoms with Gasteiger partial charge in [-0.2, -0.15) is 0 Å². The third-order valence-electron chi connectivity index (χ3n) is 2.71. The van der Waals surface area contributed by atoms with Crippen molar-refractivity contribution in [2.75, 3.05) is 30.0 Å². The number of ether oxygens (including phenoxy) is 1. The molecule has 2 amide bonds. The molecule has 0 atom stereocenters. The van der Waals surface area contributed by atoms with Crippen LogP contribution in [0.4, 0.5) is 16.2 Å². The van der Waals surface area contributed by atoms with Crippen molar-refractivity contribution in [1.29, 1.82) is 0 Å². The average molecular weight is 359 g/mol. The van der Waals surface area contributed by atoms with Gasteiger partial charge < -0.3 is 15.4 Å². The second-order valence-corrected chi connectivity index (χ2v) is 6.98. The van der Waals surface area contributed by atoms with Gasteiger partial charge in [0.1, 0.15) is 6.61 Å². The van der Waals surface area contributed by atoms with Gasteiger partial charge in [-0.15, -0.1) is 0 Å². The molecule has 11 heteroatoms. The number of hydrogen-bond acceptors (Lipinski definition) is 7. The molecule has 0 saturated heterocycles. The molecule has 0 fully saturated rings. The highest BCUT2D eigenvalue weighted by molar-refractivity contribution is 7.91. The molecule has 1 aromatic rings. The minimum Gasteiger partial charge on any atom is -0.465 e. The van der Waals surface area contributed by atoms with Gasteiger partial charge in [-0.05, 0) is 6.07 Å². The monoisotopic (exact) mass is 359 g/mol. The Balaban J connectivity index is 2.40. The molecule has 1 rings (SSSR count). The van der Waals surface area contributed by atoms with Crippen LogP contribution in [0.2, 0.25) is 0 Å². The summed E-state index contributed by atoms with van der Waals surface area (Å²) < 4.78 is 27.8. The van der Waals surface area contributed by atoms with Gasteiger partial charge in [-0.25, -0.2) is 13.2 Å². The molecule has 0 saturated carbocycles. The minimum absolute atomic E-state index is 0.150. The molecule has 0 aliphatic rings. The Morgan fingerprint density at radius 2 is 2.00 bits per heavy atom. The highest BCUT2D eigenvalue weighted by Crippen LogP contribution is 2.16. The molecule has 132 valence electrons. The van der Waals surface area contributed by atoms with E-state index in [4.69, 9.17) is 0 Å². The Labute approximate surface area is 138 Å². The van der Waals surface area contributed by atoms with Crippen LogP contribution in [-0.4, -0.2) is 50.0 Å². The number of non-ortho nitro benzene ring substituents is 1. The van der Waals surface area contributed by atoms with E-state index in [2.05, 4.69) is 15.4 Å². The number of amides is 2. The molecule has 0 unspecified atom stereocenters. The number of benzene rings is 1. The maximum absolute atomic E-state index is 11.6. The number of nitro benzene ring substituents is 1. The minimum atomic E-state index is -3.47. The van der Waals surface area contributed by atoms with Crippen molar-refractivity contribution in [2.24, 2.45) is 0 Å². The van der Waals surface area contributed by atoms with E-state index >= 15 is 0 Å². The number of nitrogens with zero attached hydrogens (tertiary/aromatic N) is 1. The van der Waals surface area contributed by atoms with Gasteiger partial charge in [0.15, 0.2) is 9.84 Å². The summed E-state index contributed by atoms with van der Waals surface area (Å²) in [5.41, 5.74) is 0.0280. The molecular formula is C13H17N3O7S. The molecule has 0 bridgehead atoms. The third-order valence-corrected chi connectivity index (χ3v) is 4.33. The van der Waals surface area contributed by atoms with Crippen molar-refractivity contribution >= 4 is 33.2 Å². The van der Waals surface area contributed by atoms with Gasteiger partial charge in [0.2, 0.25) is 0 Å². The summed E-state index contributed by atoms with van der Waals surface area (Å²) in [6.45, 7) is 0.785. The van der Waals surface area contributed by atoms with Gasteiger partial charge in [0.25, 0.3) is 5.69 Å². The number of carbonyl (C=O) groups excluding carboxylic acids is 2. The van der Waals surface area contributed by atoms with Crippen LogP contribution in [-0.2, 0) is 19.4 Å². The van der Waals surface area contributed by atoms with Crippen molar-refractivity contribution in [3.05, 3.63) is 34.4 Å². The summed E-state index contributed by atoms with van der Waals surface area (Å²) in [5, 5.41) is 15.3. The predicted molar refractivity (Wildman–Crippen MR) is 85.4 cm³/mol. The van der Waals surface area contributed by atoms with Crippen molar-refractivity contribution < 1.29 is 27.7 Å². The van der Waals surface area contributed by atoms with Crippen molar-refractivity contribution in [3.8, 4) is 0 Å². The van der Waals surface area contributed by atoms with E-state index in [9.17, 15) is 28.1 Å². The fourth-order valence-corrected chi connectivity index (χ4v) is 2.56. The maximum atomic E-state index is 11.6. The molecule has 1 aromatic carbocycles. The van der Waals surface area contributed by atoms with Crippen molar-refractivity contribution in [3.63, 3.8) is 0 Å². The Kier molecular flexibility index (Phi) is 7.11. The Morgan fingerprint density at radius 3 is 2.62 bits per heavy atom. The zero-order chi connectivity index (χ0) is 18.2. The summed E-state index contributed by atoms with van der Waals surface area (Å²) in [7, 11) is -3.47. The second-order valence-electron chi connectivity index (χ2n) is 4.68. The number of nitro groups is 1. The summed E-state index contributed by atoms with van der Waals surface area (Å²) in [4.78, 5) is 32.2.